The van der Waals surface area contributed by atoms with Gasteiger partial charge in [0.2, 0.25) is 0 Å². The van der Waals surface area contributed by atoms with E-state index in [4.69, 9.17) is 9.84 Å². The van der Waals surface area contributed by atoms with Crippen LogP contribution in [0.3, 0.4) is 0 Å². The van der Waals surface area contributed by atoms with E-state index < -0.39 is 6.10 Å². The summed E-state index contributed by atoms with van der Waals surface area (Å²) in [5.74, 6) is 0. The smallest absolute Gasteiger partial charge is 0.114 e. The molecule has 0 saturated carbocycles. The van der Waals surface area contributed by atoms with Gasteiger partial charge < -0.3 is 9.84 Å². The number of hydrogen-bond acceptors (Lipinski definition) is 2. The Hall–Kier alpha value is -0.340. The third-order valence-corrected chi connectivity index (χ3v) is 1.77. The second kappa shape index (κ2) is 3.17. The summed E-state index contributed by atoms with van der Waals surface area (Å²) in [4.78, 5) is 0. The summed E-state index contributed by atoms with van der Waals surface area (Å²) in [5.41, 5.74) is 0. The average molecular weight is 142 g/mol. The summed E-state index contributed by atoms with van der Waals surface area (Å²) >= 11 is 0. The molecular formula is C8H14O2. The fourth-order valence-corrected chi connectivity index (χ4v) is 1.11. The van der Waals surface area contributed by atoms with Crippen molar-refractivity contribution < 1.29 is 9.84 Å². The molecule has 1 rings (SSSR count). The first-order valence-electron chi connectivity index (χ1n) is 3.75. The predicted octanol–water partition coefficient (Wildman–Crippen LogP) is 1.10. The van der Waals surface area contributed by atoms with E-state index in [0.717, 1.165) is 12.8 Å². The zero-order chi connectivity index (χ0) is 7.56. The molecule has 0 spiro atoms. The molecule has 1 saturated heterocycles. The SMILES string of the molecule is C=C[C@@H](O)[C@H]1O[C@@H]1CCC. The minimum atomic E-state index is -0.462. The zero-order valence-electron chi connectivity index (χ0n) is 6.29. The zero-order valence-corrected chi connectivity index (χ0v) is 6.29. The molecule has 10 heavy (non-hydrogen) atoms. The molecule has 1 aliphatic rings. The third kappa shape index (κ3) is 1.58. The molecule has 0 radical (unpaired) electrons. The topological polar surface area (TPSA) is 32.8 Å². The van der Waals surface area contributed by atoms with Crippen LogP contribution in [0.5, 0.6) is 0 Å². The van der Waals surface area contributed by atoms with Gasteiger partial charge in [-0.15, -0.1) is 6.58 Å². The second-order valence-corrected chi connectivity index (χ2v) is 2.65. The maximum Gasteiger partial charge on any atom is 0.114 e. The van der Waals surface area contributed by atoms with E-state index >= 15 is 0 Å². The van der Waals surface area contributed by atoms with E-state index in [1.54, 1.807) is 0 Å². The molecule has 1 N–H and O–H groups in total. The van der Waals surface area contributed by atoms with Gasteiger partial charge in [0.15, 0.2) is 0 Å². The second-order valence-electron chi connectivity index (χ2n) is 2.65. The van der Waals surface area contributed by atoms with Crippen molar-refractivity contribution in [3.8, 4) is 0 Å². The Bertz CT molecular complexity index is 122. The van der Waals surface area contributed by atoms with Crippen LogP contribution in [-0.2, 0) is 4.74 Å². The van der Waals surface area contributed by atoms with E-state index in [9.17, 15) is 0 Å². The Labute approximate surface area is 61.5 Å². The van der Waals surface area contributed by atoms with Crippen molar-refractivity contribution in [2.75, 3.05) is 0 Å². The quantitative estimate of drug-likeness (QED) is 0.471. The molecule has 0 aromatic rings. The molecule has 0 aromatic heterocycles. The van der Waals surface area contributed by atoms with E-state index in [1.807, 2.05) is 0 Å². The Morgan fingerprint density at radius 2 is 2.50 bits per heavy atom. The van der Waals surface area contributed by atoms with E-state index in [2.05, 4.69) is 13.5 Å². The van der Waals surface area contributed by atoms with Crippen molar-refractivity contribution in [3.05, 3.63) is 12.7 Å². The first-order valence-corrected chi connectivity index (χ1v) is 3.75. The number of hydrogen-bond donors (Lipinski definition) is 1. The Kier molecular flexibility index (Phi) is 2.46. The highest BCUT2D eigenvalue weighted by molar-refractivity contribution is 4.97. The number of epoxide rings is 1. The van der Waals surface area contributed by atoms with Gasteiger partial charge in [0.25, 0.3) is 0 Å². The van der Waals surface area contributed by atoms with Gasteiger partial charge in [0, 0.05) is 0 Å². The van der Waals surface area contributed by atoms with E-state index in [-0.39, 0.29) is 12.2 Å². The lowest BCUT2D eigenvalue weighted by atomic mass is 10.1. The van der Waals surface area contributed by atoms with Gasteiger partial charge in [-0.25, -0.2) is 0 Å². The van der Waals surface area contributed by atoms with E-state index in [1.165, 1.54) is 6.08 Å². The molecule has 0 unspecified atom stereocenters. The van der Waals surface area contributed by atoms with Crippen LogP contribution in [0.1, 0.15) is 19.8 Å². The normalized spacial score (nSPS) is 33.4. The highest BCUT2D eigenvalue weighted by Gasteiger charge is 2.41. The minimum Gasteiger partial charge on any atom is -0.386 e. The molecule has 0 bridgehead atoms. The van der Waals surface area contributed by atoms with Crippen molar-refractivity contribution in [1.82, 2.24) is 0 Å². The summed E-state index contributed by atoms with van der Waals surface area (Å²) in [6.45, 7) is 5.60. The van der Waals surface area contributed by atoms with Gasteiger partial charge in [-0.05, 0) is 6.42 Å². The van der Waals surface area contributed by atoms with Crippen LogP contribution in [0.4, 0.5) is 0 Å². The molecule has 2 heteroatoms. The Morgan fingerprint density at radius 1 is 1.80 bits per heavy atom. The van der Waals surface area contributed by atoms with Crippen LogP contribution in [0.25, 0.3) is 0 Å². The Balaban J connectivity index is 2.17. The summed E-state index contributed by atoms with van der Waals surface area (Å²) in [7, 11) is 0. The maximum atomic E-state index is 9.15. The van der Waals surface area contributed by atoms with Gasteiger partial charge in [-0.2, -0.15) is 0 Å². The van der Waals surface area contributed by atoms with Crippen molar-refractivity contribution in [2.45, 2.75) is 38.1 Å². The first kappa shape index (κ1) is 7.76. The molecule has 2 nitrogen and oxygen atoms in total. The first-order chi connectivity index (χ1) is 4.79. The fourth-order valence-electron chi connectivity index (χ4n) is 1.11. The lowest BCUT2D eigenvalue weighted by Gasteiger charge is -1.96. The van der Waals surface area contributed by atoms with Crippen LogP contribution in [-0.4, -0.2) is 23.4 Å². The highest BCUT2D eigenvalue weighted by atomic mass is 16.6. The van der Waals surface area contributed by atoms with Gasteiger partial charge >= 0.3 is 0 Å². The van der Waals surface area contributed by atoms with Crippen LogP contribution in [0.2, 0.25) is 0 Å². The van der Waals surface area contributed by atoms with Crippen LogP contribution < -0.4 is 0 Å². The molecule has 0 aliphatic carbocycles. The van der Waals surface area contributed by atoms with Crippen LogP contribution in [0.15, 0.2) is 12.7 Å². The van der Waals surface area contributed by atoms with Gasteiger partial charge in [-0.3, -0.25) is 0 Å². The summed E-state index contributed by atoms with van der Waals surface area (Å²) < 4.78 is 5.19. The Morgan fingerprint density at radius 3 is 3.00 bits per heavy atom. The molecule has 1 fully saturated rings. The molecule has 3 atom stereocenters. The molecule has 0 amide bonds. The van der Waals surface area contributed by atoms with Gasteiger partial charge in [0.05, 0.1) is 6.10 Å². The number of aliphatic hydroxyl groups is 1. The van der Waals surface area contributed by atoms with E-state index in [0.29, 0.717) is 0 Å². The number of ether oxygens (including phenoxy) is 1. The summed E-state index contributed by atoms with van der Waals surface area (Å²) in [6.07, 6.45) is 3.56. The predicted molar refractivity (Wildman–Crippen MR) is 39.8 cm³/mol. The van der Waals surface area contributed by atoms with Crippen LogP contribution >= 0.6 is 0 Å². The lowest BCUT2D eigenvalue weighted by Crippen LogP contribution is -2.12. The van der Waals surface area contributed by atoms with Crippen LogP contribution in [0, 0.1) is 0 Å². The number of aliphatic hydroxyl groups excluding tert-OH is 1. The minimum absolute atomic E-state index is 0.0393. The van der Waals surface area contributed by atoms with Crippen molar-refractivity contribution >= 4 is 0 Å². The maximum absolute atomic E-state index is 9.15. The van der Waals surface area contributed by atoms with Crippen molar-refractivity contribution in [2.24, 2.45) is 0 Å². The lowest BCUT2D eigenvalue weighted by molar-refractivity contribution is 0.177. The largest absolute Gasteiger partial charge is 0.386 e. The third-order valence-electron chi connectivity index (χ3n) is 1.77. The average Bonchev–Trinajstić information content (AvgIpc) is 2.67. The highest BCUT2D eigenvalue weighted by Crippen LogP contribution is 2.29. The summed E-state index contributed by atoms with van der Waals surface area (Å²) in [5, 5.41) is 9.15. The van der Waals surface area contributed by atoms with Gasteiger partial charge in [-0.1, -0.05) is 19.4 Å². The molecule has 1 heterocycles. The fraction of sp³-hybridized carbons (Fsp3) is 0.750. The standard InChI is InChI=1S/C8H14O2/c1-3-5-7-8(10-7)6(9)4-2/h4,6-9H,2-3,5H2,1H3/t6-,7-,8-/m1/s1. The number of rotatable bonds is 4. The van der Waals surface area contributed by atoms with Crippen molar-refractivity contribution in [3.63, 3.8) is 0 Å². The molecule has 1 aliphatic heterocycles. The monoisotopic (exact) mass is 142 g/mol. The van der Waals surface area contributed by atoms with Gasteiger partial charge in [0.1, 0.15) is 12.2 Å². The molecule has 58 valence electrons. The van der Waals surface area contributed by atoms with Crippen molar-refractivity contribution in [1.29, 1.82) is 0 Å². The summed E-state index contributed by atoms with van der Waals surface area (Å²) in [6, 6.07) is 0. The molecular weight excluding hydrogens is 128 g/mol. The molecule has 0 aromatic carbocycles.